The maximum atomic E-state index is 12.2. The number of sulfonamides is 1. The number of rotatable bonds is 4. The number of benzene rings is 1. The minimum atomic E-state index is -3.78. The smallest absolute Gasteiger partial charge is 0.263 e. The summed E-state index contributed by atoms with van der Waals surface area (Å²) in [4.78, 5) is 7.96. The molecule has 1 aromatic heterocycles. The first-order chi connectivity index (χ1) is 9.42. The molecule has 0 radical (unpaired) electrons. The van der Waals surface area contributed by atoms with Crippen LogP contribution in [-0.2, 0) is 10.0 Å². The summed E-state index contributed by atoms with van der Waals surface area (Å²) in [5.41, 5.74) is 6.00. The van der Waals surface area contributed by atoms with Gasteiger partial charge in [0.15, 0.2) is 0 Å². The molecule has 0 saturated heterocycles. The van der Waals surface area contributed by atoms with Gasteiger partial charge in [0.1, 0.15) is 4.60 Å². The van der Waals surface area contributed by atoms with Crippen molar-refractivity contribution in [3.63, 3.8) is 0 Å². The van der Waals surface area contributed by atoms with Crippen LogP contribution in [0.4, 0.5) is 11.5 Å². The van der Waals surface area contributed by atoms with Gasteiger partial charge in [-0.05, 0) is 40.2 Å². The average Bonchev–Trinajstić information content (AvgIpc) is 2.41. The highest BCUT2D eigenvalue weighted by atomic mass is 79.9. The van der Waals surface area contributed by atoms with Crippen LogP contribution in [0.5, 0.6) is 5.88 Å². The molecule has 3 N–H and O–H groups in total. The van der Waals surface area contributed by atoms with Gasteiger partial charge in [0.25, 0.3) is 15.9 Å². The highest BCUT2D eigenvalue weighted by Gasteiger charge is 2.18. The molecule has 0 unspecified atom stereocenters. The molecule has 106 valence electrons. The van der Waals surface area contributed by atoms with E-state index in [0.717, 1.165) is 0 Å². The van der Waals surface area contributed by atoms with E-state index in [1.807, 2.05) is 0 Å². The molecule has 0 bridgehead atoms. The summed E-state index contributed by atoms with van der Waals surface area (Å²) in [5, 5.41) is 0. The van der Waals surface area contributed by atoms with Crippen LogP contribution in [-0.4, -0.2) is 25.5 Å². The van der Waals surface area contributed by atoms with Gasteiger partial charge in [0.2, 0.25) is 5.82 Å². The molecule has 0 aliphatic carbocycles. The van der Waals surface area contributed by atoms with Crippen LogP contribution in [0, 0.1) is 0 Å². The number of nitrogens with zero attached hydrogens (tertiary/aromatic N) is 2. The lowest BCUT2D eigenvalue weighted by atomic mass is 10.3. The second kappa shape index (κ2) is 5.63. The number of methoxy groups -OCH3 is 1. The number of nitrogens with one attached hydrogen (secondary N) is 1. The van der Waals surface area contributed by atoms with E-state index < -0.39 is 10.0 Å². The minimum Gasteiger partial charge on any atom is -0.478 e. The Morgan fingerprint density at radius 2 is 1.95 bits per heavy atom. The molecular weight excluding hydrogens is 348 g/mol. The van der Waals surface area contributed by atoms with E-state index in [-0.39, 0.29) is 16.6 Å². The summed E-state index contributed by atoms with van der Waals surface area (Å²) in [6.45, 7) is 0. The zero-order valence-electron chi connectivity index (χ0n) is 10.4. The van der Waals surface area contributed by atoms with E-state index in [0.29, 0.717) is 10.3 Å². The Balaban J connectivity index is 2.35. The van der Waals surface area contributed by atoms with Crippen molar-refractivity contribution in [3.8, 4) is 5.88 Å². The van der Waals surface area contributed by atoms with Crippen molar-refractivity contribution < 1.29 is 13.2 Å². The second-order valence-electron chi connectivity index (χ2n) is 3.73. The van der Waals surface area contributed by atoms with Crippen LogP contribution in [0.15, 0.2) is 40.0 Å². The molecule has 9 heteroatoms. The Morgan fingerprint density at radius 3 is 2.55 bits per heavy atom. The van der Waals surface area contributed by atoms with Gasteiger partial charge in [-0.15, -0.1) is 0 Å². The van der Waals surface area contributed by atoms with Gasteiger partial charge in [0, 0.05) is 5.69 Å². The summed E-state index contributed by atoms with van der Waals surface area (Å²) in [6.07, 6.45) is 1.36. The Bertz CT molecular complexity index is 719. The molecule has 0 amide bonds. The molecule has 0 aliphatic heterocycles. The summed E-state index contributed by atoms with van der Waals surface area (Å²) in [6, 6.07) is 5.80. The number of hydrogen-bond donors (Lipinski definition) is 2. The Hall–Kier alpha value is -1.87. The van der Waals surface area contributed by atoms with Gasteiger partial charge >= 0.3 is 0 Å². The van der Waals surface area contributed by atoms with Gasteiger partial charge in [-0.1, -0.05) is 0 Å². The molecular formula is C11H11BrN4O3S. The molecule has 20 heavy (non-hydrogen) atoms. The lowest BCUT2D eigenvalue weighted by Crippen LogP contribution is -2.15. The third-order valence-corrected chi connectivity index (χ3v) is 4.06. The Morgan fingerprint density at radius 1 is 1.30 bits per heavy atom. The normalized spacial score (nSPS) is 11.1. The standard InChI is InChI=1S/C11H11BrN4O3S/c1-19-11-10(14-6-9(12)15-11)16-20(17,18)8-4-2-7(13)3-5-8/h2-6H,13H2,1H3,(H,14,16). The van der Waals surface area contributed by atoms with Crippen LogP contribution in [0.3, 0.4) is 0 Å². The first-order valence-corrected chi connectivity index (χ1v) is 7.65. The number of nitrogen functional groups attached to an aromatic ring is 1. The summed E-state index contributed by atoms with van der Waals surface area (Å²) < 4.78 is 32.1. The fourth-order valence-corrected chi connectivity index (χ4v) is 2.67. The quantitative estimate of drug-likeness (QED) is 0.804. The van der Waals surface area contributed by atoms with Crippen molar-refractivity contribution >= 4 is 37.5 Å². The van der Waals surface area contributed by atoms with Crippen LogP contribution in [0.2, 0.25) is 0 Å². The molecule has 0 fully saturated rings. The number of hydrogen-bond acceptors (Lipinski definition) is 6. The molecule has 0 atom stereocenters. The number of nitrogens with two attached hydrogens (primary N) is 1. The maximum Gasteiger partial charge on any atom is 0.263 e. The molecule has 0 spiro atoms. The molecule has 7 nitrogen and oxygen atoms in total. The van der Waals surface area contributed by atoms with Crippen molar-refractivity contribution in [2.45, 2.75) is 4.90 Å². The summed E-state index contributed by atoms with van der Waals surface area (Å²) in [5.74, 6) is 0.0749. The lowest BCUT2D eigenvalue weighted by molar-refractivity contribution is 0.397. The van der Waals surface area contributed by atoms with Crippen molar-refractivity contribution in [1.29, 1.82) is 0 Å². The monoisotopic (exact) mass is 358 g/mol. The van der Waals surface area contributed by atoms with Crippen LogP contribution in [0.1, 0.15) is 0 Å². The predicted octanol–water partition coefficient (Wildman–Crippen LogP) is 1.63. The first kappa shape index (κ1) is 14.5. The fraction of sp³-hybridized carbons (Fsp3) is 0.0909. The van der Waals surface area contributed by atoms with Gasteiger partial charge in [-0.2, -0.15) is 0 Å². The molecule has 0 aliphatic rings. The molecule has 1 heterocycles. The van der Waals surface area contributed by atoms with Gasteiger partial charge < -0.3 is 10.5 Å². The van der Waals surface area contributed by atoms with Gasteiger partial charge in [0.05, 0.1) is 18.2 Å². The lowest BCUT2D eigenvalue weighted by Gasteiger charge is -2.10. The highest BCUT2D eigenvalue weighted by molar-refractivity contribution is 9.10. The van der Waals surface area contributed by atoms with Gasteiger partial charge in [-0.3, -0.25) is 4.72 Å². The Kier molecular flexibility index (Phi) is 4.09. The van der Waals surface area contributed by atoms with Crippen LogP contribution >= 0.6 is 15.9 Å². The topological polar surface area (TPSA) is 107 Å². The number of halogens is 1. The second-order valence-corrected chi connectivity index (χ2v) is 6.22. The SMILES string of the molecule is COc1nc(Br)cnc1NS(=O)(=O)c1ccc(N)cc1. The average molecular weight is 359 g/mol. The van der Waals surface area contributed by atoms with E-state index in [4.69, 9.17) is 10.5 Å². The zero-order valence-corrected chi connectivity index (χ0v) is 12.8. The van der Waals surface area contributed by atoms with E-state index in [1.54, 1.807) is 0 Å². The number of aromatic nitrogens is 2. The fourth-order valence-electron chi connectivity index (χ4n) is 1.40. The number of ether oxygens (including phenoxy) is 1. The van der Waals surface area contributed by atoms with E-state index in [1.165, 1.54) is 37.6 Å². The minimum absolute atomic E-state index is 0.00697. The number of anilines is 2. The third kappa shape index (κ3) is 3.17. The Labute approximate surface area is 124 Å². The van der Waals surface area contributed by atoms with Crippen LogP contribution in [0.25, 0.3) is 0 Å². The van der Waals surface area contributed by atoms with E-state index in [2.05, 4.69) is 30.6 Å². The van der Waals surface area contributed by atoms with Crippen molar-refractivity contribution in [2.24, 2.45) is 0 Å². The first-order valence-electron chi connectivity index (χ1n) is 5.37. The van der Waals surface area contributed by atoms with Crippen molar-refractivity contribution in [2.75, 3.05) is 17.6 Å². The summed E-state index contributed by atoms with van der Waals surface area (Å²) in [7, 11) is -2.41. The molecule has 0 saturated carbocycles. The highest BCUT2D eigenvalue weighted by Crippen LogP contribution is 2.24. The van der Waals surface area contributed by atoms with Crippen molar-refractivity contribution in [1.82, 2.24) is 9.97 Å². The van der Waals surface area contributed by atoms with Gasteiger partial charge in [-0.25, -0.2) is 18.4 Å². The molecule has 2 aromatic rings. The summed E-state index contributed by atoms with van der Waals surface area (Å²) >= 11 is 3.12. The van der Waals surface area contributed by atoms with E-state index >= 15 is 0 Å². The molecule has 1 aromatic carbocycles. The largest absolute Gasteiger partial charge is 0.478 e. The van der Waals surface area contributed by atoms with Crippen molar-refractivity contribution in [3.05, 3.63) is 35.1 Å². The maximum absolute atomic E-state index is 12.2. The predicted molar refractivity (Wildman–Crippen MR) is 77.9 cm³/mol. The third-order valence-electron chi connectivity index (χ3n) is 2.33. The van der Waals surface area contributed by atoms with Crippen LogP contribution < -0.4 is 15.2 Å². The zero-order chi connectivity index (χ0) is 14.8. The van der Waals surface area contributed by atoms with E-state index in [9.17, 15) is 8.42 Å². The molecule has 2 rings (SSSR count).